The van der Waals surface area contributed by atoms with Gasteiger partial charge in [0.05, 0.1) is 24.3 Å². The lowest BCUT2D eigenvalue weighted by atomic mass is 9.94. The van der Waals surface area contributed by atoms with Crippen LogP contribution < -0.4 is 4.90 Å². The Kier molecular flexibility index (Phi) is 4.23. The molecule has 1 saturated heterocycles. The van der Waals surface area contributed by atoms with Crippen molar-refractivity contribution in [1.29, 1.82) is 0 Å². The molecular weight excluding hydrogens is 329 g/mol. The lowest BCUT2D eigenvalue weighted by molar-refractivity contribution is -0.158. The van der Waals surface area contributed by atoms with E-state index < -0.39 is 35.0 Å². The number of anilines is 1. The van der Waals surface area contributed by atoms with Crippen LogP contribution in [-0.2, 0) is 19.7 Å². The van der Waals surface area contributed by atoms with E-state index in [1.165, 1.54) is 17.0 Å². The highest BCUT2D eigenvalue weighted by Crippen LogP contribution is 2.51. The first kappa shape index (κ1) is 17.7. The van der Waals surface area contributed by atoms with Crippen molar-refractivity contribution < 1.29 is 28.6 Å². The Balaban J connectivity index is 1.83. The molecule has 1 heterocycles. The molecule has 0 aromatic heterocycles. The summed E-state index contributed by atoms with van der Waals surface area (Å²) in [4.78, 5) is 25.5. The van der Waals surface area contributed by atoms with E-state index in [-0.39, 0.29) is 18.7 Å². The monoisotopic (exact) mass is 351 g/mol. The first-order chi connectivity index (χ1) is 11.7. The molecule has 25 heavy (non-hydrogen) atoms. The molecule has 1 amide bonds. The summed E-state index contributed by atoms with van der Waals surface area (Å²) >= 11 is 0. The molecule has 1 aliphatic carbocycles. The maximum absolute atomic E-state index is 14.7. The predicted molar refractivity (Wildman–Crippen MR) is 87.9 cm³/mol. The molecule has 1 saturated carbocycles. The van der Waals surface area contributed by atoms with Gasteiger partial charge in [-0.1, -0.05) is 6.07 Å². The molecule has 2 fully saturated rings. The van der Waals surface area contributed by atoms with Crippen LogP contribution in [0.1, 0.15) is 39.2 Å². The number of rotatable bonds is 4. The van der Waals surface area contributed by atoms with Crippen molar-refractivity contribution in [2.24, 2.45) is 0 Å². The molecule has 136 valence electrons. The summed E-state index contributed by atoms with van der Waals surface area (Å²) in [5.74, 6) is -0.978. The van der Waals surface area contributed by atoms with Gasteiger partial charge in [-0.3, -0.25) is 9.69 Å². The van der Waals surface area contributed by atoms with E-state index in [0.717, 1.165) is 0 Å². The number of hydrogen-bond donors (Lipinski definition) is 1. The molecule has 0 spiro atoms. The summed E-state index contributed by atoms with van der Waals surface area (Å²) in [6.07, 6.45) is -0.168. The van der Waals surface area contributed by atoms with Gasteiger partial charge in [-0.15, -0.1) is 0 Å². The largest absolute Gasteiger partial charge is 0.459 e. The van der Waals surface area contributed by atoms with Crippen LogP contribution in [0.15, 0.2) is 18.2 Å². The number of ether oxygens (including phenoxy) is 2. The Morgan fingerprint density at radius 1 is 1.44 bits per heavy atom. The van der Waals surface area contributed by atoms with Gasteiger partial charge in [0.15, 0.2) is 0 Å². The number of amides is 1. The van der Waals surface area contributed by atoms with Gasteiger partial charge < -0.3 is 14.6 Å². The van der Waals surface area contributed by atoms with Crippen molar-refractivity contribution >= 4 is 17.7 Å². The average Bonchev–Trinajstić information content (AvgIpc) is 3.23. The van der Waals surface area contributed by atoms with E-state index in [1.807, 2.05) is 0 Å². The van der Waals surface area contributed by atoms with Gasteiger partial charge >= 0.3 is 12.1 Å². The molecule has 0 bridgehead atoms. The van der Waals surface area contributed by atoms with Crippen molar-refractivity contribution in [2.75, 3.05) is 18.1 Å². The SMILES string of the molecule is CC(C)(C)OC(=O)C1(c2ccc(N3CC(CO)OC3=O)cc2F)CC1. The zero-order valence-corrected chi connectivity index (χ0v) is 14.5. The molecule has 1 atom stereocenters. The average molecular weight is 351 g/mol. The highest BCUT2D eigenvalue weighted by Gasteiger charge is 2.55. The van der Waals surface area contributed by atoms with Crippen molar-refractivity contribution in [3.05, 3.63) is 29.6 Å². The minimum Gasteiger partial charge on any atom is -0.459 e. The lowest BCUT2D eigenvalue weighted by Gasteiger charge is -2.24. The summed E-state index contributed by atoms with van der Waals surface area (Å²) in [5, 5.41) is 9.09. The molecule has 1 aromatic rings. The zero-order chi connectivity index (χ0) is 18.4. The van der Waals surface area contributed by atoms with Crippen LogP contribution >= 0.6 is 0 Å². The van der Waals surface area contributed by atoms with Crippen LogP contribution in [0.5, 0.6) is 0 Å². The Morgan fingerprint density at radius 2 is 2.12 bits per heavy atom. The highest BCUT2D eigenvalue weighted by molar-refractivity contribution is 5.90. The molecule has 1 unspecified atom stereocenters. The minimum atomic E-state index is -0.935. The summed E-state index contributed by atoms with van der Waals surface area (Å²) in [6.45, 7) is 5.20. The third-order valence-electron chi connectivity index (χ3n) is 4.40. The topological polar surface area (TPSA) is 76.1 Å². The Hall–Kier alpha value is -2.15. The van der Waals surface area contributed by atoms with Crippen LogP contribution in [0.3, 0.4) is 0 Å². The van der Waals surface area contributed by atoms with Crippen molar-refractivity contribution in [1.82, 2.24) is 0 Å². The number of aliphatic hydroxyl groups excluding tert-OH is 1. The number of benzene rings is 1. The van der Waals surface area contributed by atoms with Gasteiger partial charge in [-0.2, -0.15) is 0 Å². The highest BCUT2D eigenvalue weighted by atomic mass is 19.1. The fourth-order valence-electron chi connectivity index (χ4n) is 2.97. The first-order valence-electron chi connectivity index (χ1n) is 8.29. The van der Waals surface area contributed by atoms with Crippen molar-refractivity contribution in [3.63, 3.8) is 0 Å². The van der Waals surface area contributed by atoms with Crippen molar-refractivity contribution in [2.45, 2.75) is 50.7 Å². The van der Waals surface area contributed by atoms with Gasteiger partial charge in [-0.25, -0.2) is 9.18 Å². The van der Waals surface area contributed by atoms with Gasteiger partial charge in [-0.05, 0) is 45.7 Å². The summed E-state index contributed by atoms with van der Waals surface area (Å²) < 4.78 is 25.1. The number of halogens is 1. The van der Waals surface area contributed by atoms with E-state index in [0.29, 0.717) is 18.5 Å². The van der Waals surface area contributed by atoms with Gasteiger partial charge in [0.1, 0.15) is 17.5 Å². The van der Waals surface area contributed by atoms with Crippen LogP contribution in [0.4, 0.5) is 14.9 Å². The van der Waals surface area contributed by atoms with Crippen LogP contribution in [0, 0.1) is 5.82 Å². The fourth-order valence-corrected chi connectivity index (χ4v) is 2.97. The van der Waals surface area contributed by atoms with Gasteiger partial charge in [0.2, 0.25) is 0 Å². The molecule has 0 radical (unpaired) electrons. The number of hydrogen-bond acceptors (Lipinski definition) is 5. The fraction of sp³-hybridized carbons (Fsp3) is 0.556. The maximum atomic E-state index is 14.7. The third-order valence-corrected chi connectivity index (χ3v) is 4.40. The maximum Gasteiger partial charge on any atom is 0.414 e. The zero-order valence-electron chi connectivity index (χ0n) is 14.5. The van der Waals surface area contributed by atoms with Gasteiger partial charge in [0.25, 0.3) is 0 Å². The second kappa shape index (κ2) is 5.98. The lowest BCUT2D eigenvalue weighted by Crippen LogP contribution is -2.32. The van der Waals surface area contributed by atoms with Gasteiger partial charge in [0, 0.05) is 5.56 Å². The second-order valence-corrected chi connectivity index (χ2v) is 7.55. The number of cyclic esters (lactones) is 1. The van der Waals surface area contributed by atoms with Crippen molar-refractivity contribution in [3.8, 4) is 0 Å². The smallest absolute Gasteiger partial charge is 0.414 e. The Bertz CT molecular complexity index is 708. The Morgan fingerprint density at radius 3 is 2.60 bits per heavy atom. The van der Waals surface area contributed by atoms with E-state index in [4.69, 9.17) is 14.6 Å². The van der Waals surface area contributed by atoms with Crippen LogP contribution in [0.25, 0.3) is 0 Å². The number of carbonyl (C=O) groups excluding carboxylic acids is 2. The molecule has 1 aliphatic heterocycles. The molecular formula is C18H22FNO5. The Labute approximate surface area is 145 Å². The molecule has 1 aromatic carbocycles. The normalized spacial score (nSPS) is 21.9. The number of aliphatic hydroxyl groups is 1. The molecule has 1 N–H and O–H groups in total. The number of esters is 1. The van der Waals surface area contributed by atoms with Crippen LogP contribution in [-0.4, -0.2) is 42.0 Å². The van der Waals surface area contributed by atoms with E-state index >= 15 is 0 Å². The minimum absolute atomic E-state index is 0.158. The van der Waals surface area contributed by atoms with E-state index in [2.05, 4.69) is 0 Å². The molecule has 6 nitrogen and oxygen atoms in total. The molecule has 7 heteroatoms. The standard InChI is InChI=1S/C18H22FNO5/c1-17(2,3)25-15(22)18(6-7-18)13-5-4-11(8-14(13)19)20-9-12(10-21)24-16(20)23/h4-5,8,12,21H,6-7,9-10H2,1-3H3. The molecule has 3 rings (SSSR count). The van der Waals surface area contributed by atoms with E-state index in [9.17, 15) is 14.0 Å². The van der Waals surface area contributed by atoms with E-state index in [1.54, 1.807) is 26.8 Å². The summed E-state index contributed by atoms with van der Waals surface area (Å²) in [6, 6.07) is 4.34. The summed E-state index contributed by atoms with van der Waals surface area (Å²) in [7, 11) is 0. The number of nitrogens with zero attached hydrogens (tertiary/aromatic N) is 1. The second-order valence-electron chi connectivity index (χ2n) is 7.55. The predicted octanol–water partition coefficient (Wildman–Crippen LogP) is 2.52. The van der Waals surface area contributed by atoms with Crippen LogP contribution in [0.2, 0.25) is 0 Å². The molecule has 2 aliphatic rings. The number of carbonyl (C=O) groups is 2. The first-order valence-corrected chi connectivity index (χ1v) is 8.29. The third kappa shape index (κ3) is 3.33. The summed E-state index contributed by atoms with van der Waals surface area (Å²) in [5.41, 5.74) is -0.949. The quantitative estimate of drug-likeness (QED) is 0.844.